The highest BCUT2D eigenvalue weighted by molar-refractivity contribution is 5.29. The number of rotatable bonds is 2. The van der Waals surface area contributed by atoms with E-state index >= 15 is 0 Å². The van der Waals surface area contributed by atoms with E-state index in [2.05, 4.69) is 18.3 Å². The van der Waals surface area contributed by atoms with E-state index in [1.54, 1.807) is 12.2 Å². The second-order valence-corrected chi connectivity index (χ2v) is 1.20. The summed E-state index contributed by atoms with van der Waals surface area (Å²) in [6, 6.07) is 0. The molecule has 0 aromatic heterocycles. The SMILES string of the molecule is C=CC=C(C)N=C. The lowest BCUT2D eigenvalue weighted by Gasteiger charge is -1.80. The van der Waals surface area contributed by atoms with Crippen LogP contribution in [0.4, 0.5) is 0 Å². The Morgan fingerprint density at radius 2 is 2.29 bits per heavy atom. The molecule has 0 amide bonds. The molecule has 0 rings (SSSR count). The molecule has 0 fully saturated rings. The van der Waals surface area contributed by atoms with Crippen molar-refractivity contribution in [2.24, 2.45) is 4.99 Å². The summed E-state index contributed by atoms with van der Waals surface area (Å²) in [5, 5.41) is 0. The number of hydrogen-bond donors (Lipinski definition) is 0. The van der Waals surface area contributed by atoms with Crippen molar-refractivity contribution in [1.29, 1.82) is 0 Å². The molecule has 7 heavy (non-hydrogen) atoms. The monoisotopic (exact) mass is 95.1 g/mol. The van der Waals surface area contributed by atoms with Gasteiger partial charge < -0.3 is 0 Å². The zero-order valence-electron chi connectivity index (χ0n) is 4.52. The lowest BCUT2D eigenvalue weighted by Crippen LogP contribution is -1.60. The lowest BCUT2D eigenvalue weighted by molar-refractivity contribution is 1.33. The summed E-state index contributed by atoms with van der Waals surface area (Å²) >= 11 is 0. The van der Waals surface area contributed by atoms with Gasteiger partial charge in [-0.15, -0.1) is 0 Å². The normalized spacial score (nSPS) is 10.7. The van der Waals surface area contributed by atoms with Crippen molar-refractivity contribution in [3.63, 3.8) is 0 Å². The molecule has 1 nitrogen and oxygen atoms in total. The van der Waals surface area contributed by atoms with Crippen LogP contribution in [0.2, 0.25) is 0 Å². The highest BCUT2D eigenvalue weighted by atomic mass is 14.7. The fraction of sp³-hybridized carbons (Fsp3) is 0.167. The largest absolute Gasteiger partial charge is 0.269 e. The fourth-order valence-corrected chi connectivity index (χ4v) is 0.223. The molecule has 0 aliphatic carbocycles. The smallest absolute Gasteiger partial charge is 0.0365 e. The highest BCUT2D eigenvalue weighted by Gasteiger charge is 1.69. The Bertz CT molecular complexity index is 101. The Labute approximate surface area is 44.1 Å². The summed E-state index contributed by atoms with van der Waals surface area (Å²) in [4.78, 5) is 3.62. The fourth-order valence-electron chi connectivity index (χ4n) is 0.223. The number of hydrogen-bond acceptors (Lipinski definition) is 1. The Morgan fingerprint density at radius 3 is 2.43 bits per heavy atom. The van der Waals surface area contributed by atoms with Gasteiger partial charge in [-0.05, 0) is 19.7 Å². The zero-order chi connectivity index (χ0) is 5.70. The molecule has 0 aliphatic rings. The first-order chi connectivity index (χ1) is 3.31. The van der Waals surface area contributed by atoms with Crippen LogP contribution in [0, 0.1) is 0 Å². The van der Waals surface area contributed by atoms with Crippen molar-refractivity contribution >= 4 is 6.72 Å². The third-order valence-electron chi connectivity index (χ3n) is 0.608. The first-order valence-electron chi connectivity index (χ1n) is 2.07. The van der Waals surface area contributed by atoms with Crippen molar-refractivity contribution in [2.75, 3.05) is 0 Å². The van der Waals surface area contributed by atoms with Gasteiger partial charge in [-0.3, -0.25) is 4.99 Å². The van der Waals surface area contributed by atoms with Crippen LogP contribution >= 0.6 is 0 Å². The zero-order valence-corrected chi connectivity index (χ0v) is 4.52. The number of allylic oxidation sites excluding steroid dienone is 3. The van der Waals surface area contributed by atoms with Crippen LogP contribution in [0.5, 0.6) is 0 Å². The van der Waals surface area contributed by atoms with Crippen LogP contribution in [0.1, 0.15) is 6.92 Å². The van der Waals surface area contributed by atoms with Crippen LogP contribution < -0.4 is 0 Å². The molecule has 0 saturated heterocycles. The standard InChI is InChI=1S/C6H9N/c1-4-5-6(2)7-3/h4-5H,1,3H2,2H3. The van der Waals surface area contributed by atoms with Crippen LogP contribution in [0.25, 0.3) is 0 Å². The summed E-state index contributed by atoms with van der Waals surface area (Å²) in [7, 11) is 0. The van der Waals surface area contributed by atoms with E-state index in [0.29, 0.717) is 0 Å². The van der Waals surface area contributed by atoms with Gasteiger partial charge in [0, 0.05) is 5.70 Å². The quantitative estimate of drug-likeness (QED) is 0.366. The molecular formula is C6H9N. The third-order valence-corrected chi connectivity index (χ3v) is 0.608. The molecule has 0 N–H and O–H groups in total. The summed E-state index contributed by atoms with van der Waals surface area (Å²) < 4.78 is 0. The van der Waals surface area contributed by atoms with Gasteiger partial charge in [-0.2, -0.15) is 0 Å². The predicted octanol–water partition coefficient (Wildman–Crippen LogP) is 1.78. The minimum absolute atomic E-state index is 0.898. The van der Waals surface area contributed by atoms with Gasteiger partial charge >= 0.3 is 0 Å². The minimum Gasteiger partial charge on any atom is -0.269 e. The molecule has 0 heterocycles. The topological polar surface area (TPSA) is 12.4 Å². The molecule has 1 heteroatoms. The minimum atomic E-state index is 0.898. The second-order valence-electron chi connectivity index (χ2n) is 1.20. The molecule has 0 atom stereocenters. The first-order valence-corrected chi connectivity index (χ1v) is 2.07. The molecule has 0 bridgehead atoms. The Hall–Kier alpha value is -0.850. The van der Waals surface area contributed by atoms with Crippen LogP contribution in [-0.2, 0) is 0 Å². The predicted molar refractivity (Wildman–Crippen MR) is 33.5 cm³/mol. The van der Waals surface area contributed by atoms with E-state index in [1.165, 1.54) is 0 Å². The van der Waals surface area contributed by atoms with Gasteiger partial charge in [0.2, 0.25) is 0 Å². The van der Waals surface area contributed by atoms with Gasteiger partial charge in [0.15, 0.2) is 0 Å². The average molecular weight is 95.1 g/mol. The van der Waals surface area contributed by atoms with Crippen molar-refractivity contribution < 1.29 is 0 Å². The molecule has 38 valence electrons. The van der Waals surface area contributed by atoms with Crippen LogP contribution in [0.15, 0.2) is 29.4 Å². The maximum absolute atomic E-state index is 3.62. The van der Waals surface area contributed by atoms with Crippen molar-refractivity contribution in [3.8, 4) is 0 Å². The van der Waals surface area contributed by atoms with E-state index in [1.807, 2.05) is 6.92 Å². The molecule has 0 saturated carbocycles. The van der Waals surface area contributed by atoms with Gasteiger partial charge in [-0.25, -0.2) is 0 Å². The van der Waals surface area contributed by atoms with E-state index in [0.717, 1.165) is 5.70 Å². The van der Waals surface area contributed by atoms with E-state index in [-0.39, 0.29) is 0 Å². The highest BCUT2D eigenvalue weighted by Crippen LogP contribution is 1.89. The lowest BCUT2D eigenvalue weighted by atomic mass is 10.4. The third kappa shape index (κ3) is 2.97. The van der Waals surface area contributed by atoms with Crippen molar-refractivity contribution in [1.82, 2.24) is 0 Å². The average Bonchev–Trinajstić information content (AvgIpc) is 1.68. The van der Waals surface area contributed by atoms with Gasteiger partial charge in [-0.1, -0.05) is 12.7 Å². The van der Waals surface area contributed by atoms with E-state index < -0.39 is 0 Å². The van der Waals surface area contributed by atoms with E-state index in [9.17, 15) is 0 Å². The van der Waals surface area contributed by atoms with Gasteiger partial charge in [0.05, 0.1) is 0 Å². The number of aliphatic imine (C=N–C) groups is 1. The first kappa shape index (κ1) is 6.15. The Kier molecular flexibility index (Phi) is 2.94. The summed E-state index contributed by atoms with van der Waals surface area (Å²) in [6.45, 7) is 8.67. The van der Waals surface area contributed by atoms with E-state index in [4.69, 9.17) is 0 Å². The molecule has 0 unspecified atom stereocenters. The van der Waals surface area contributed by atoms with Crippen LogP contribution in [-0.4, -0.2) is 6.72 Å². The molecule has 0 spiro atoms. The summed E-state index contributed by atoms with van der Waals surface area (Å²) in [5.74, 6) is 0. The number of nitrogens with zero attached hydrogens (tertiary/aromatic N) is 1. The molecule has 0 aromatic rings. The summed E-state index contributed by atoms with van der Waals surface area (Å²) in [5.41, 5.74) is 0.898. The molecule has 0 aromatic carbocycles. The van der Waals surface area contributed by atoms with Gasteiger partial charge in [0.25, 0.3) is 0 Å². The van der Waals surface area contributed by atoms with Crippen molar-refractivity contribution in [3.05, 3.63) is 24.4 Å². The molecule has 0 radical (unpaired) electrons. The molecular weight excluding hydrogens is 86.1 g/mol. The Balaban J connectivity index is 3.72. The molecule has 0 aliphatic heterocycles. The Morgan fingerprint density at radius 1 is 1.71 bits per heavy atom. The second kappa shape index (κ2) is 3.34. The maximum atomic E-state index is 3.62. The van der Waals surface area contributed by atoms with Crippen molar-refractivity contribution in [2.45, 2.75) is 6.92 Å². The van der Waals surface area contributed by atoms with Gasteiger partial charge in [0.1, 0.15) is 0 Å². The maximum Gasteiger partial charge on any atom is 0.0365 e. The summed E-state index contributed by atoms with van der Waals surface area (Å²) in [6.07, 6.45) is 3.48. The van der Waals surface area contributed by atoms with Crippen LogP contribution in [0.3, 0.4) is 0 Å².